The molecule has 0 spiro atoms. The van der Waals surface area contributed by atoms with Crippen molar-refractivity contribution in [2.24, 2.45) is 5.92 Å². The van der Waals surface area contributed by atoms with E-state index in [0.717, 1.165) is 25.9 Å². The van der Waals surface area contributed by atoms with Crippen LogP contribution in [0.15, 0.2) is 21.3 Å². The van der Waals surface area contributed by atoms with E-state index in [9.17, 15) is 9.18 Å². The van der Waals surface area contributed by atoms with Gasteiger partial charge in [-0.2, -0.15) is 0 Å². The summed E-state index contributed by atoms with van der Waals surface area (Å²) in [6.45, 7) is 5.37. The number of rotatable bonds is 3. The molecule has 26 heavy (non-hydrogen) atoms. The van der Waals surface area contributed by atoms with E-state index in [1.54, 1.807) is 6.07 Å². The summed E-state index contributed by atoms with van der Waals surface area (Å²) in [6.07, 6.45) is 2.20. The van der Waals surface area contributed by atoms with Crippen LogP contribution in [-0.4, -0.2) is 42.5 Å². The van der Waals surface area contributed by atoms with Crippen molar-refractivity contribution in [3.8, 4) is 17.2 Å². The first-order chi connectivity index (χ1) is 12.1. The van der Waals surface area contributed by atoms with E-state index in [-0.39, 0.29) is 30.1 Å². The normalized spacial score (nSPS) is 18.6. The Morgan fingerprint density at radius 2 is 2.12 bits per heavy atom. The minimum Gasteiger partial charge on any atom is -0.486 e. The van der Waals surface area contributed by atoms with Gasteiger partial charge in [0, 0.05) is 11.6 Å². The molecule has 2 aliphatic heterocycles. The lowest BCUT2D eigenvalue weighted by Gasteiger charge is -2.41. The zero-order valence-corrected chi connectivity index (χ0v) is 15.3. The molecule has 2 aromatic rings. The highest BCUT2D eigenvalue weighted by Gasteiger charge is 2.31. The average molecular weight is 385 g/mol. The predicted molar refractivity (Wildman–Crippen MR) is 97.7 cm³/mol. The second-order valence-corrected chi connectivity index (χ2v) is 6.59. The number of aromatic amines is 1. The van der Waals surface area contributed by atoms with Gasteiger partial charge in [0.2, 0.25) is 5.89 Å². The first kappa shape index (κ1) is 18.7. The second-order valence-electron chi connectivity index (χ2n) is 6.59. The third kappa shape index (κ3) is 3.43. The highest BCUT2D eigenvalue weighted by molar-refractivity contribution is 5.85. The zero-order valence-electron chi connectivity index (χ0n) is 14.5. The number of hydrogen-bond donors (Lipinski definition) is 2. The van der Waals surface area contributed by atoms with Crippen molar-refractivity contribution >= 4 is 18.1 Å². The van der Waals surface area contributed by atoms with Gasteiger partial charge < -0.3 is 19.4 Å². The van der Waals surface area contributed by atoms with E-state index in [4.69, 9.17) is 9.15 Å². The van der Waals surface area contributed by atoms with Gasteiger partial charge >= 0.3 is 5.76 Å². The summed E-state index contributed by atoms with van der Waals surface area (Å²) in [4.78, 5) is 13.4. The Morgan fingerprint density at radius 1 is 1.35 bits per heavy atom. The number of benzene rings is 1. The third-order valence-electron chi connectivity index (χ3n) is 5.15. The van der Waals surface area contributed by atoms with Gasteiger partial charge in [0.25, 0.3) is 0 Å². The molecule has 0 aliphatic carbocycles. The molecule has 9 heteroatoms. The molecule has 0 unspecified atom stereocenters. The molecule has 1 aromatic heterocycles. The topological polar surface area (TPSA) is 83.4 Å². The standard InChI is InChI=1S/C17H21FN4O3.ClH/c1-10(11-2-4-19-5-3-11)22-6-7-24-15-13(18)8-12(9-14(15)22)16-20-21-17(23)25-16;/h8-11,19H,2-7H2,1H3,(H,21,23);1H/t10-;/m0./s1. The van der Waals surface area contributed by atoms with Crippen molar-refractivity contribution in [2.75, 3.05) is 31.1 Å². The Morgan fingerprint density at radius 3 is 2.81 bits per heavy atom. The smallest absolute Gasteiger partial charge is 0.434 e. The molecule has 142 valence electrons. The first-order valence-electron chi connectivity index (χ1n) is 8.63. The third-order valence-corrected chi connectivity index (χ3v) is 5.15. The van der Waals surface area contributed by atoms with E-state index in [1.165, 1.54) is 6.07 Å². The van der Waals surface area contributed by atoms with Crippen molar-refractivity contribution in [1.29, 1.82) is 0 Å². The van der Waals surface area contributed by atoms with E-state index >= 15 is 0 Å². The number of ether oxygens (including phenoxy) is 1. The van der Waals surface area contributed by atoms with Crippen LogP contribution in [0.2, 0.25) is 0 Å². The van der Waals surface area contributed by atoms with Crippen molar-refractivity contribution < 1.29 is 13.5 Å². The summed E-state index contributed by atoms with van der Waals surface area (Å²) in [6, 6.07) is 3.34. The van der Waals surface area contributed by atoms with Gasteiger partial charge in [-0.25, -0.2) is 14.3 Å². The highest BCUT2D eigenvalue weighted by Crippen LogP contribution is 2.40. The predicted octanol–water partition coefficient (Wildman–Crippen LogP) is 2.18. The summed E-state index contributed by atoms with van der Waals surface area (Å²) in [5.41, 5.74) is 1.11. The minimum absolute atomic E-state index is 0. The highest BCUT2D eigenvalue weighted by atomic mass is 35.5. The number of fused-ring (bicyclic) bond motifs is 1. The molecular formula is C17H22ClFN4O3. The van der Waals surface area contributed by atoms with E-state index < -0.39 is 11.6 Å². The van der Waals surface area contributed by atoms with Crippen molar-refractivity contribution in [2.45, 2.75) is 25.8 Å². The van der Waals surface area contributed by atoms with Crippen LogP contribution in [0.4, 0.5) is 10.1 Å². The number of anilines is 1. The molecule has 0 saturated carbocycles. The quantitative estimate of drug-likeness (QED) is 0.844. The zero-order chi connectivity index (χ0) is 17.4. The summed E-state index contributed by atoms with van der Waals surface area (Å²) in [5, 5.41) is 9.38. The van der Waals surface area contributed by atoms with Gasteiger partial charge in [0.1, 0.15) is 6.61 Å². The van der Waals surface area contributed by atoms with Crippen molar-refractivity contribution in [1.82, 2.24) is 15.5 Å². The Labute approximate surface area is 156 Å². The molecule has 0 radical (unpaired) electrons. The molecule has 1 saturated heterocycles. The molecular weight excluding hydrogens is 363 g/mol. The Kier molecular flexibility index (Phi) is 5.52. The van der Waals surface area contributed by atoms with E-state index in [2.05, 4.69) is 27.3 Å². The molecule has 4 rings (SSSR count). The number of piperidine rings is 1. The van der Waals surface area contributed by atoms with Crippen LogP contribution < -0.4 is 20.7 Å². The number of hydrogen-bond acceptors (Lipinski definition) is 6. The molecule has 1 fully saturated rings. The molecule has 2 N–H and O–H groups in total. The van der Waals surface area contributed by atoms with Crippen LogP contribution in [0.1, 0.15) is 19.8 Å². The number of aromatic nitrogens is 2. The lowest BCUT2D eigenvalue weighted by Crippen LogP contribution is -2.46. The summed E-state index contributed by atoms with van der Waals surface area (Å²) in [5.74, 6) is -0.257. The fourth-order valence-electron chi connectivity index (χ4n) is 3.78. The van der Waals surface area contributed by atoms with Crippen molar-refractivity contribution in [3.63, 3.8) is 0 Å². The number of nitrogens with one attached hydrogen (secondary N) is 2. The first-order valence-corrected chi connectivity index (χ1v) is 8.63. The second kappa shape index (κ2) is 7.67. The fraction of sp³-hybridized carbons (Fsp3) is 0.529. The van der Waals surface area contributed by atoms with Crippen LogP contribution in [0.3, 0.4) is 0 Å². The van der Waals surface area contributed by atoms with Gasteiger partial charge in [-0.15, -0.1) is 17.5 Å². The Hall–Kier alpha value is -2.06. The molecule has 1 aromatic carbocycles. The van der Waals surface area contributed by atoms with Gasteiger partial charge in [-0.1, -0.05) is 0 Å². The minimum atomic E-state index is -0.663. The maximum atomic E-state index is 14.6. The lowest BCUT2D eigenvalue weighted by atomic mass is 9.89. The monoisotopic (exact) mass is 384 g/mol. The van der Waals surface area contributed by atoms with Crippen LogP contribution in [-0.2, 0) is 0 Å². The van der Waals surface area contributed by atoms with Crippen LogP contribution in [0, 0.1) is 11.7 Å². The molecule has 0 amide bonds. The van der Waals surface area contributed by atoms with Crippen LogP contribution in [0.25, 0.3) is 11.5 Å². The number of H-pyrrole nitrogens is 1. The molecule has 3 heterocycles. The molecule has 2 aliphatic rings. The average Bonchev–Trinajstić information content (AvgIpc) is 3.08. The van der Waals surface area contributed by atoms with Gasteiger partial charge in [-0.3, -0.25) is 0 Å². The van der Waals surface area contributed by atoms with Gasteiger partial charge in [0.05, 0.1) is 12.2 Å². The SMILES string of the molecule is C[C@@H](C1CCNCC1)N1CCOc2c(F)cc(-c3n[nH]c(=O)o3)cc21.Cl. The summed E-state index contributed by atoms with van der Waals surface area (Å²) >= 11 is 0. The maximum absolute atomic E-state index is 14.6. The Bertz CT molecular complexity index is 819. The molecule has 1 atom stereocenters. The van der Waals surface area contributed by atoms with Gasteiger partial charge in [0.15, 0.2) is 11.6 Å². The lowest BCUT2D eigenvalue weighted by molar-refractivity contribution is 0.261. The summed E-state index contributed by atoms with van der Waals surface area (Å²) < 4.78 is 25.1. The fourth-order valence-corrected chi connectivity index (χ4v) is 3.78. The number of halogens is 2. The molecule has 7 nitrogen and oxygen atoms in total. The molecule has 0 bridgehead atoms. The maximum Gasteiger partial charge on any atom is 0.434 e. The van der Waals surface area contributed by atoms with E-state index in [1.807, 2.05) is 0 Å². The van der Waals surface area contributed by atoms with Crippen molar-refractivity contribution in [3.05, 3.63) is 28.5 Å². The largest absolute Gasteiger partial charge is 0.486 e. The Balaban J connectivity index is 0.00000196. The number of nitrogens with zero attached hydrogens (tertiary/aromatic N) is 2. The summed E-state index contributed by atoms with van der Waals surface area (Å²) in [7, 11) is 0. The van der Waals surface area contributed by atoms with Crippen LogP contribution in [0.5, 0.6) is 5.75 Å². The van der Waals surface area contributed by atoms with Gasteiger partial charge in [-0.05, 0) is 50.9 Å². The van der Waals surface area contributed by atoms with E-state index in [0.29, 0.717) is 30.3 Å². The van der Waals surface area contributed by atoms with Crippen LogP contribution >= 0.6 is 12.4 Å².